The smallest absolute Gasteiger partial charge is 0.313 e. The fourth-order valence-corrected chi connectivity index (χ4v) is 1.99. The number of nitrogens with zero attached hydrogens (tertiary/aromatic N) is 1. The summed E-state index contributed by atoms with van der Waals surface area (Å²) in [7, 11) is 1.78. The molecule has 0 bridgehead atoms. The normalized spacial score (nSPS) is 12.0. The van der Waals surface area contributed by atoms with Crippen LogP contribution in [0, 0.1) is 5.82 Å². The van der Waals surface area contributed by atoms with E-state index in [1.807, 2.05) is 0 Å². The molecule has 2 rings (SSSR count). The maximum Gasteiger partial charge on any atom is 0.313 e. The quantitative estimate of drug-likeness (QED) is 0.869. The van der Waals surface area contributed by atoms with Crippen LogP contribution in [0.4, 0.5) is 4.39 Å². The maximum absolute atomic E-state index is 13.8. The van der Waals surface area contributed by atoms with Crippen LogP contribution in [0.3, 0.4) is 0 Å². The van der Waals surface area contributed by atoms with E-state index in [2.05, 4.69) is 0 Å². The third kappa shape index (κ3) is 1.60. The van der Waals surface area contributed by atoms with Crippen LogP contribution in [-0.4, -0.2) is 15.6 Å². The van der Waals surface area contributed by atoms with Gasteiger partial charge < -0.3 is 9.67 Å². The van der Waals surface area contributed by atoms with Crippen LogP contribution in [0.25, 0.3) is 10.9 Å². The zero-order chi connectivity index (χ0) is 12.8. The lowest BCUT2D eigenvalue weighted by atomic mass is 9.84. The van der Waals surface area contributed by atoms with Crippen LogP contribution in [0.15, 0.2) is 24.4 Å². The van der Waals surface area contributed by atoms with E-state index in [9.17, 15) is 14.3 Å². The molecule has 0 aliphatic rings. The number of benzene rings is 1. The molecule has 1 N–H and O–H groups in total. The molecule has 0 saturated carbocycles. The molecule has 1 aromatic heterocycles. The summed E-state index contributed by atoms with van der Waals surface area (Å²) >= 11 is 0. The highest BCUT2D eigenvalue weighted by molar-refractivity contribution is 5.92. The first-order valence-electron chi connectivity index (χ1n) is 5.33. The van der Waals surface area contributed by atoms with Crippen molar-refractivity contribution in [3.05, 3.63) is 35.8 Å². The number of hydrogen-bond acceptors (Lipinski definition) is 1. The summed E-state index contributed by atoms with van der Waals surface area (Å²) in [4.78, 5) is 11.3. The largest absolute Gasteiger partial charge is 0.481 e. The average Bonchev–Trinajstić information content (AvgIpc) is 2.58. The van der Waals surface area contributed by atoms with Crippen LogP contribution in [0.5, 0.6) is 0 Å². The van der Waals surface area contributed by atoms with Gasteiger partial charge in [-0.1, -0.05) is 6.07 Å². The monoisotopic (exact) mass is 235 g/mol. The van der Waals surface area contributed by atoms with Crippen LogP contribution in [0.1, 0.15) is 19.4 Å². The van der Waals surface area contributed by atoms with Crippen molar-refractivity contribution in [2.75, 3.05) is 0 Å². The van der Waals surface area contributed by atoms with Gasteiger partial charge in [-0.05, 0) is 31.5 Å². The molecule has 0 unspecified atom stereocenters. The van der Waals surface area contributed by atoms with Crippen LogP contribution < -0.4 is 0 Å². The standard InChI is InChI=1S/C13H14FNO2/c1-13(2,12(16)17)8-7-15(3)10-6-4-5-9(14)11(8)10/h4-7H,1-3H3,(H,16,17). The van der Waals surface area contributed by atoms with E-state index in [1.54, 1.807) is 43.8 Å². The Balaban J connectivity index is 2.84. The Kier molecular flexibility index (Phi) is 2.45. The second-order valence-corrected chi connectivity index (χ2v) is 4.72. The van der Waals surface area contributed by atoms with E-state index in [0.717, 1.165) is 0 Å². The molecule has 0 aliphatic heterocycles. The minimum atomic E-state index is -1.11. The van der Waals surface area contributed by atoms with E-state index in [4.69, 9.17) is 0 Å². The molecule has 0 atom stereocenters. The number of carboxylic acid groups (broad SMARTS) is 1. The van der Waals surface area contributed by atoms with Gasteiger partial charge in [-0.2, -0.15) is 0 Å². The van der Waals surface area contributed by atoms with E-state index < -0.39 is 11.4 Å². The topological polar surface area (TPSA) is 42.2 Å². The number of aliphatic carboxylic acids is 1. The highest BCUT2D eigenvalue weighted by atomic mass is 19.1. The summed E-state index contributed by atoms with van der Waals surface area (Å²) in [5.74, 6) is -1.35. The van der Waals surface area contributed by atoms with Crippen molar-refractivity contribution in [3.63, 3.8) is 0 Å². The van der Waals surface area contributed by atoms with Gasteiger partial charge in [-0.25, -0.2) is 4.39 Å². The summed E-state index contributed by atoms with van der Waals surface area (Å²) in [6, 6.07) is 4.75. The SMILES string of the molecule is Cn1cc(C(C)(C)C(=O)O)c2c(F)cccc21. The molecule has 0 saturated heterocycles. The average molecular weight is 235 g/mol. The maximum atomic E-state index is 13.8. The van der Waals surface area contributed by atoms with Crippen molar-refractivity contribution in [2.45, 2.75) is 19.3 Å². The zero-order valence-corrected chi connectivity index (χ0v) is 9.99. The van der Waals surface area contributed by atoms with Gasteiger partial charge in [0.1, 0.15) is 5.82 Å². The van der Waals surface area contributed by atoms with Crippen molar-refractivity contribution in [1.29, 1.82) is 0 Å². The summed E-state index contributed by atoms with van der Waals surface area (Å²) in [5.41, 5.74) is 0.0942. The first kappa shape index (κ1) is 11.6. The molecular formula is C13H14FNO2. The van der Waals surface area contributed by atoms with Gasteiger partial charge in [0, 0.05) is 18.6 Å². The Labute approximate surface area is 98.5 Å². The third-order valence-electron chi connectivity index (χ3n) is 3.17. The van der Waals surface area contributed by atoms with Gasteiger partial charge in [0.2, 0.25) is 0 Å². The van der Waals surface area contributed by atoms with Gasteiger partial charge in [-0.15, -0.1) is 0 Å². The van der Waals surface area contributed by atoms with E-state index >= 15 is 0 Å². The highest BCUT2D eigenvalue weighted by Crippen LogP contribution is 2.33. The lowest BCUT2D eigenvalue weighted by molar-refractivity contribution is -0.142. The molecule has 0 aliphatic carbocycles. The molecule has 0 fully saturated rings. The molecular weight excluding hydrogens is 221 g/mol. The Hall–Kier alpha value is -1.84. The Morgan fingerprint density at radius 1 is 1.41 bits per heavy atom. The van der Waals surface area contributed by atoms with Crippen molar-refractivity contribution in [3.8, 4) is 0 Å². The fraction of sp³-hybridized carbons (Fsp3) is 0.308. The molecule has 2 aromatic rings. The number of halogens is 1. The molecule has 1 aromatic carbocycles. The van der Waals surface area contributed by atoms with Crippen LogP contribution in [0.2, 0.25) is 0 Å². The molecule has 17 heavy (non-hydrogen) atoms. The summed E-state index contributed by atoms with van der Waals surface area (Å²) in [5, 5.41) is 9.61. The minimum absolute atomic E-state index is 0.382. The predicted molar refractivity (Wildman–Crippen MR) is 63.5 cm³/mol. The number of hydrogen-bond donors (Lipinski definition) is 1. The summed E-state index contributed by atoms with van der Waals surface area (Å²) in [6.45, 7) is 3.16. The Bertz CT molecular complexity index is 599. The highest BCUT2D eigenvalue weighted by Gasteiger charge is 2.33. The van der Waals surface area contributed by atoms with Gasteiger partial charge in [0.05, 0.1) is 10.9 Å². The first-order chi connectivity index (χ1) is 7.85. The predicted octanol–water partition coefficient (Wildman–Crippen LogP) is 2.68. The van der Waals surface area contributed by atoms with Gasteiger partial charge in [-0.3, -0.25) is 4.79 Å². The zero-order valence-electron chi connectivity index (χ0n) is 9.99. The van der Waals surface area contributed by atoms with Crippen molar-refractivity contribution < 1.29 is 14.3 Å². The molecule has 90 valence electrons. The second kappa shape index (κ2) is 3.58. The first-order valence-corrected chi connectivity index (χ1v) is 5.33. The number of rotatable bonds is 2. The second-order valence-electron chi connectivity index (χ2n) is 4.72. The lowest BCUT2D eigenvalue weighted by Gasteiger charge is -2.18. The van der Waals surface area contributed by atoms with Gasteiger partial charge in [0.25, 0.3) is 0 Å². The van der Waals surface area contributed by atoms with Crippen molar-refractivity contribution in [2.24, 2.45) is 7.05 Å². The number of carbonyl (C=O) groups is 1. The van der Waals surface area contributed by atoms with Crippen LogP contribution >= 0.6 is 0 Å². The molecule has 0 radical (unpaired) electrons. The molecule has 1 heterocycles. The number of fused-ring (bicyclic) bond motifs is 1. The molecule has 0 amide bonds. The number of carboxylic acids is 1. The van der Waals surface area contributed by atoms with Crippen molar-refractivity contribution in [1.82, 2.24) is 4.57 Å². The van der Waals surface area contributed by atoms with E-state index in [1.165, 1.54) is 6.07 Å². The van der Waals surface area contributed by atoms with E-state index in [0.29, 0.717) is 16.5 Å². The van der Waals surface area contributed by atoms with Crippen LogP contribution in [-0.2, 0) is 17.3 Å². The minimum Gasteiger partial charge on any atom is -0.481 e. The van der Waals surface area contributed by atoms with E-state index in [-0.39, 0.29) is 5.82 Å². The molecule has 0 spiro atoms. The third-order valence-corrected chi connectivity index (χ3v) is 3.17. The lowest BCUT2D eigenvalue weighted by Crippen LogP contribution is -2.28. The van der Waals surface area contributed by atoms with Gasteiger partial charge >= 0.3 is 5.97 Å². The number of aromatic nitrogens is 1. The molecule has 3 nitrogen and oxygen atoms in total. The fourth-order valence-electron chi connectivity index (χ4n) is 1.99. The van der Waals surface area contributed by atoms with Crippen molar-refractivity contribution >= 4 is 16.9 Å². The molecule has 4 heteroatoms. The summed E-state index contributed by atoms with van der Waals surface area (Å²) in [6.07, 6.45) is 1.68. The Morgan fingerprint density at radius 3 is 2.65 bits per heavy atom. The van der Waals surface area contributed by atoms with Gasteiger partial charge in [0.15, 0.2) is 0 Å². The number of aryl methyl sites for hydroxylation is 1. The summed E-state index contributed by atoms with van der Waals surface area (Å²) < 4.78 is 15.6. The Morgan fingerprint density at radius 2 is 2.06 bits per heavy atom.